The molecule has 0 bridgehead atoms. The van der Waals surface area contributed by atoms with Crippen LogP contribution in [-0.2, 0) is 9.31 Å². The summed E-state index contributed by atoms with van der Waals surface area (Å²) >= 11 is 1.37. The first-order valence-electron chi connectivity index (χ1n) is 7.05. The molecule has 0 radical (unpaired) electrons. The van der Waals surface area contributed by atoms with Crippen LogP contribution in [0.1, 0.15) is 27.7 Å². The maximum absolute atomic E-state index is 9.45. The van der Waals surface area contributed by atoms with Crippen LogP contribution in [-0.4, -0.2) is 28.4 Å². The number of phenols is 1. The average Bonchev–Trinajstić information content (AvgIpc) is 2.93. The van der Waals surface area contributed by atoms with E-state index in [-0.39, 0.29) is 17.0 Å². The van der Waals surface area contributed by atoms with Gasteiger partial charge in [0.2, 0.25) is 0 Å². The van der Waals surface area contributed by atoms with Crippen molar-refractivity contribution in [3.05, 3.63) is 30.5 Å². The van der Waals surface area contributed by atoms with E-state index in [1.165, 1.54) is 17.4 Å². The summed E-state index contributed by atoms with van der Waals surface area (Å²) in [5.41, 5.74) is -0.762. The quantitative estimate of drug-likeness (QED) is 0.882. The topological polar surface area (TPSA) is 60.8 Å². The van der Waals surface area contributed by atoms with Gasteiger partial charge in [-0.1, -0.05) is 17.4 Å². The second kappa shape index (κ2) is 5.26. The summed E-state index contributed by atoms with van der Waals surface area (Å²) in [6.45, 7) is 8.05. The number of hydrogen-bond acceptors (Lipinski definition) is 6. The highest BCUT2D eigenvalue weighted by Gasteiger charge is 2.52. The Morgan fingerprint density at radius 3 is 2.50 bits per heavy atom. The standard InChI is InChI=1S/C15H18BNO4S/c1-14(2)15(3,4)21-16(20-14)12-9-17-13(22-12)19-11-7-5-6-10(18)8-11/h5-9,18H,1-4H3. The monoisotopic (exact) mass is 319 g/mol. The lowest BCUT2D eigenvalue weighted by Crippen LogP contribution is -2.41. The zero-order valence-electron chi connectivity index (χ0n) is 13.0. The van der Waals surface area contributed by atoms with Crippen LogP contribution in [0.25, 0.3) is 0 Å². The molecule has 1 N–H and O–H groups in total. The molecule has 1 aromatic heterocycles. The van der Waals surface area contributed by atoms with Gasteiger partial charge in [0.1, 0.15) is 11.5 Å². The number of nitrogens with zero attached hydrogens (tertiary/aromatic N) is 1. The van der Waals surface area contributed by atoms with Crippen LogP contribution in [0.4, 0.5) is 0 Å². The van der Waals surface area contributed by atoms with E-state index < -0.39 is 7.12 Å². The first-order valence-corrected chi connectivity index (χ1v) is 7.87. The van der Waals surface area contributed by atoms with Gasteiger partial charge in [-0.05, 0) is 39.8 Å². The number of aromatic nitrogens is 1. The van der Waals surface area contributed by atoms with E-state index in [4.69, 9.17) is 14.0 Å². The fourth-order valence-corrected chi connectivity index (χ4v) is 2.78. The number of rotatable bonds is 3. The van der Waals surface area contributed by atoms with Crippen molar-refractivity contribution in [2.45, 2.75) is 38.9 Å². The van der Waals surface area contributed by atoms with Crippen LogP contribution in [0.2, 0.25) is 0 Å². The summed E-state index contributed by atoms with van der Waals surface area (Å²) in [4.78, 5) is 4.24. The molecule has 22 heavy (non-hydrogen) atoms. The minimum atomic E-state index is -0.441. The van der Waals surface area contributed by atoms with Gasteiger partial charge in [0, 0.05) is 12.3 Å². The van der Waals surface area contributed by atoms with Crippen molar-refractivity contribution in [3.63, 3.8) is 0 Å². The average molecular weight is 319 g/mol. The maximum Gasteiger partial charge on any atom is 0.507 e. The number of thiazole rings is 1. The lowest BCUT2D eigenvalue weighted by Gasteiger charge is -2.32. The molecular weight excluding hydrogens is 301 g/mol. The van der Waals surface area contributed by atoms with Gasteiger partial charge in [0.15, 0.2) is 0 Å². The van der Waals surface area contributed by atoms with Crippen LogP contribution in [0, 0.1) is 0 Å². The van der Waals surface area contributed by atoms with Gasteiger partial charge in [0.05, 0.1) is 16.0 Å². The van der Waals surface area contributed by atoms with Crippen molar-refractivity contribution in [1.82, 2.24) is 4.98 Å². The van der Waals surface area contributed by atoms with Crippen molar-refractivity contribution in [2.24, 2.45) is 0 Å². The van der Waals surface area contributed by atoms with E-state index in [1.807, 2.05) is 27.7 Å². The highest BCUT2D eigenvalue weighted by atomic mass is 32.1. The van der Waals surface area contributed by atoms with Crippen molar-refractivity contribution in [2.75, 3.05) is 0 Å². The molecule has 2 heterocycles. The molecule has 1 aliphatic heterocycles. The Morgan fingerprint density at radius 1 is 1.18 bits per heavy atom. The molecule has 1 saturated heterocycles. The van der Waals surface area contributed by atoms with Crippen molar-refractivity contribution in [3.8, 4) is 16.7 Å². The molecule has 0 spiro atoms. The van der Waals surface area contributed by atoms with Crippen molar-refractivity contribution < 1.29 is 19.2 Å². The van der Waals surface area contributed by atoms with Gasteiger partial charge >= 0.3 is 7.12 Å². The Bertz CT molecular complexity index is 670. The van der Waals surface area contributed by atoms with E-state index in [0.717, 1.165) is 4.78 Å². The molecule has 3 rings (SSSR count). The van der Waals surface area contributed by atoms with E-state index in [2.05, 4.69) is 4.98 Å². The number of hydrogen-bond donors (Lipinski definition) is 1. The number of phenolic OH excluding ortho intramolecular Hbond substituents is 1. The van der Waals surface area contributed by atoms with E-state index >= 15 is 0 Å². The van der Waals surface area contributed by atoms with Crippen LogP contribution < -0.4 is 9.51 Å². The van der Waals surface area contributed by atoms with E-state index in [1.54, 1.807) is 24.4 Å². The first-order chi connectivity index (χ1) is 10.3. The maximum atomic E-state index is 9.45. The summed E-state index contributed by atoms with van der Waals surface area (Å²) in [5, 5.41) is 9.93. The second-order valence-corrected chi connectivity index (χ2v) is 7.24. The van der Waals surface area contributed by atoms with Crippen LogP contribution >= 0.6 is 11.3 Å². The van der Waals surface area contributed by atoms with Crippen LogP contribution in [0.15, 0.2) is 30.5 Å². The van der Waals surface area contributed by atoms with Gasteiger partial charge in [0.25, 0.3) is 5.19 Å². The summed E-state index contributed by atoms with van der Waals surface area (Å²) in [6, 6.07) is 6.60. The van der Waals surface area contributed by atoms with Gasteiger partial charge in [-0.2, -0.15) is 0 Å². The normalized spacial score (nSPS) is 19.4. The molecule has 1 aromatic carbocycles. The zero-order chi connectivity index (χ0) is 16.0. The molecule has 0 atom stereocenters. The highest BCUT2D eigenvalue weighted by Crippen LogP contribution is 2.37. The predicted molar refractivity (Wildman–Crippen MR) is 86.0 cm³/mol. The minimum absolute atomic E-state index is 0.153. The van der Waals surface area contributed by atoms with Gasteiger partial charge in [-0.25, -0.2) is 4.98 Å². The smallest absolute Gasteiger partial charge is 0.507 e. The molecule has 0 aliphatic carbocycles. The third-order valence-electron chi connectivity index (χ3n) is 4.01. The predicted octanol–water partition coefficient (Wildman–Crippen LogP) is 2.94. The number of ether oxygens (including phenoxy) is 1. The third-order valence-corrected chi connectivity index (χ3v) is 4.91. The SMILES string of the molecule is CC1(C)OB(c2cnc(Oc3cccc(O)c3)s2)OC1(C)C. The Morgan fingerprint density at radius 2 is 1.86 bits per heavy atom. The van der Waals surface area contributed by atoms with Crippen LogP contribution in [0.3, 0.4) is 0 Å². The lowest BCUT2D eigenvalue weighted by molar-refractivity contribution is 0.00578. The summed E-state index contributed by atoms with van der Waals surface area (Å²) in [6.07, 6.45) is 1.70. The Balaban J connectivity index is 1.75. The van der Waals surface area contributed by atoms with E-state index in [9.17, 15) is 5.11 Å². The summed E-state index contributed by atoms with van der Waals surface area (Å²) in [5.74, 6) is 0.690. The fourth-order valence-electron chi connectivity index (χ4n) is 2.03. The Kier molecular flexibility index (Phi) is 3.67. The van der Waals surface area contributed by atoms with Crippen molar-refractivity contribution >= 4 is 23.2 Å². The zero-order valence-corrected chi connectivity index (χ0v) is 13.8. The summed E-state index contributed by atoms with van der Waals surface area (Å²) in [7, 11) is -0.441. The minimum Gasteiger partial charge on any atom is -0.508 e. The molecule has 5 nitrogen and oxygen atoms in total. The number of benzene rings is 1. The highest BCUT2D eigenvalue weighted by molar-refractivity contribution is 7.23. The molecule has 0 saturated carbocycles. The molecular formula is C15H18BNO4S. The molecule has 0 amide bonds. The van der Waals surface area contributed by atoms with Gasteiger partial charge in [-0.15, -0.1) is 0 Å². The lowest BCUT2D eigenvalue weighted by atomic mass is 9.89. The second-order valence-electron chi connectivity index (χ2n) is 6.22. The Hall–Kier alpha value is -1.57. The molecule has 7 heteroatoms. The number of aromatic hydroxyl groups is 1. The molecule has 1 fully saturated rings. The van der Waals surface area contributed by atoms with Gasteiger partial charge < -0.3 is 19.2 Å². The summed E-state index contributed by atoms with van der Waals surface area (Å²) < 4.78 is 18.5. The van der Waals surface area contributed by atoms with Crippen molar-refractivity contribution in [1.29, 1.82) is 0 Å². The van der Waals surface area contributed by atoms with Crippen LogP contribution in [0.5, 0.6) is 16.7 Å². The van der Waals surface area contributed by atoms with E-state index in [0.29, 0.717) is 10.9 Å². The molecule has 1 aliphatic rings. The largest absolute Gasteiger partial charge is 0.508 e. The molecule has 0 unspecified atom stereocenters. The Labute approximate surface area is 134 Å². The molecule has 2 aromatic rings. The fraction of sp³-hybridized carbons (Fsp3) is 0.400. The third kappa shape index (κ3) is 2.84. The first kappa shape index (κ1) is 15.3. The molecule has 116 valence electrons. The van der Waals surface area contributed by atoms with Gasteiger partial charge in [-0.3, -0.25) is 0 Å².